The third kappa shape index (κ3) is 2.98. The molecule has 5 nitrogen and oxygen atoms in total. The Morgan fingerprint density at radius 1 is 1.00 bits per heavy atom. The first kappa shape index (κ1) is 17.9. The fourth-order valence-electron chi connectivity index (χ4n) is 4.11. The van der Waals surface area contributed by atoms with Gasteiger partial charge in [-0.25, -0.2) is 0 Å². The van der Waals surface area contributed by atoms with Crippen LogP contribution in [-0.4, -0.2) is 24.3 Å². The van der Waals surface area contributed by atoms with Gasteiger partial charge in [0.2, 0.25) is 0 Å². The molecule has 0 unspecified atom stereocenters. The molecule has 0 aliphatic heterocycles. The first-order valence-electron chi connectivity index (χ1n) is 9.65. The van der Waals surface area contributed by atoms with E-state index in [9.17, 15) is 0 Å². The molecule has 0 aliphatic rings. The number of rotatable bonds is 4. The SMILES string of the molecule is CCn1c2c(-c3cnn(Cc4ccccn4)c3)cc(Cl)cc2c2ccnc(C)c21. The Morgan fingerprint density at radius 2 is 1.90 bits per heavy atom. The Labute approximate surface area is 173 Å². The van der Waals surface area contributed by atoms with Crippen LogP contribution in [0.1, 0.15) is 18.3 Å². The van der Waals surface area contributed by atoms with Crippen LogP contribution in [0, 0.1) is 6.92 Å². The zero-order chi connectivity index (χ0) is 20.0. The smallest absolute Gasteiger partial charge is 0.0831 e. The largest absolute Gasteiger partial charge is 0.339 e. The van der Waals surface area contributed by atoms with Crippen molar-refractivity contribution in [2.24, 2.45) is 0 Å². The summed E-state index contributed by atoms with van der Waals surface area (Å²) in [5.74, 6) is 0. The summed E-state index contributed by atoms with van der Waals surface area (Å²) in [5, 5.41) is 7.61. The predicted octanol–water partition coefficient (Wildman–Crippen LogP) is 5.48. The van der Waals surface area contributed by atoms with Crippen molar-refractivity contribution in [1.82, 2.24) is 24.3 Å². The highest BCUT2D eigenvalue weighted by Gasteiger charge is 2.18. The third-order valence-electron chi connectivity index (χ3n) is 5.32. The number of hydrogen-bond acceptors (Lipinski definition) is 3. The van der Waals surface area contributed by atoms with Gasteiger partial charge in [-0.3, -0.25) is 14.6 Å². The standard InChI is InChI=1S/C23H20ClN5/c1-3-29-22-15(2)25-9-7-19(22)21-11-17(24)10-20(23(21)29)16-12-27-28(13-16)14-18-6-4-5-8-26-18/h4-13H,3,14H2,1-2H3. The fraction of sp³-hybridized carbons (Fsp3) is 0.174. The molecule has 1 aromatic carbocycles. The molecule has 5 rings (SSSR count). The average Bonchev–Trinajstić information content (AvgIpc) is 3.31. The normalized spacial score (nSPS) is 11.6. The van der Waals surface area contributed by atoms with Crippen LogP contribution in [0.3, 0.4) is 0 Å². The van der Waals surface area contributed by atoms with E-state index in [-0.39, 0.29) is 0 Å². The summed E-state index contributed by atoms with van der Waals surface area (Å²) >= 11 is 6.54. The highest BCUT2D eigenvalue weighted by atomic mass is 35.5. The van der Waals surface area contributed by atoms with Crippen molar-refractivity contribution in [3.05, 3.63) is 77.6 Å². The van der Waals surface area contributed by atoms with E-state index in [0.717, 1.165) is 45.0 Å². The Morgan fingerprint density at radius 3 is 2.69 bits per heavy atom. The lowest BCUT2D eigenvalue weighted by Crippen LogP contribution is -2.01. The van der Waals surface area contributed by atoms with Crippen molar-refractivity contribution in [2.75, 3.05) is 0 Å². The van der Waals surface area contributed by atoms with Crippen molar-refractivity contribution >= 4 is 33.4 Å². The maximum absolute atomic E-state index is 6.54. The molecule has 0 N–H and O–H groups in total. The molecule has 0 fully saturated rings. The van der Waals surface area contributed by atoms with Crippen molar-refractivity contribution in [1.29, 1.82) is 0 Å². The Hall–Kier alpha value is -3.18. The second-order valence-electron chi connectivity index (χ2n) is 7.13. The van der Waals surface area contributed by atoms with Crippen molar-refractivity contribution < 1.29 is 0 Å². The van der Waals surface area contributed by atoms with Crippen LogP contribution in [0.2, 0.25) is 5.02 Å². The molecule has 0 radical (unpaired) electrons. The molecule has 0 bridgehead atoms. The summed E-state index contributed by atoms with van der Waals surface area (Å²) in [5.41, 5.74) is 6.44. The van der Waals surface area contributed by atoms with Gasteiger partial charge in [-0.05, 0) is 44.2 Å². The summed E-state index contributed by atoms with van der Waals surface area (Å²) in [7, 11) is 0. The van der Waals surface area contributed by atoms with Gasteiger partial charge in [0.25, 0.3) is 0 Å². The van der Waals surface area contributed by atoms with Crippen molar-refractivity contribution in [2.45, 2.75) is 26.9 Å². The lowest BCUT2D eigenvalue weighted by Gasteiger charge is -2.09. The monoisotopic (exact) mass is 401 g/mol. The van der Waals surface area contributed by atoms with E-state index in [0.29, 0.717) is 6.54 Å². The molecule has 0 saturated carbocycles. The number of benzene rings is 1. The van der Waals surface area contributed by atoms with E-state index < -0.39 is 0 Å². The summed E-state index contributed by atoms with van der Waals surface area (Å²) in [6.45, 7) is 5.70. The first-order valence-corrected chi connectivity index (χ1v) is 10.0. The summed E-state index contributed by atoms with van der Waals surface area (Å²) in [4.78, 5) is 8.90. The minimum absolute atomic E-state index is 0.629. The topological polar surface area (TPSA) is 48.5 Å². The first-order chi connectivity index (χ1) is 14.2. The van der Waals surface area contributed by atoms with Crippen LogP contribution in [0.4, 0.5) is 0 Å². The minimum atomic E-state index is 0.629. The van der Waals surface area contributed by atoms with E-state index in [2.05, 4.69) is 45.7 Å². The molecule has 144 valence electrons. The van der Waals surface area contributed by atoms with Gasteiger partial charge in [0, 0.05) is 52.1 Å². The molecular formula is C23H20ClN5. The highest BCUT2D eigenvalue weighted by molar-refractivity contribution is 6.32. The van der Waals surface area contributed by atoms with Crippen LogP contribution in [0.25, 0.3) is 32.9 Å². The maximum Gasteiger partial charge on any atom is 0.0831 e. The molecule has 0 spiro atoms. The predicted molar refractivity (Wildman–Crippen MR) is 117 cm³/mol. The molecule has 0 aliphatic carbocycles. The molecule has 0 saturated heterocycles. The van der Waals surface area contributed by atoms with E-state index in [1.54, 1.807) is 6.20 Å². The molecular weight excluding hydrogens is 382 g/mol. The van der Waals surface area contributed by atoms with Gasteiger partial charge < -0.3 is 4.57 Å². The summed E-state index contributed by atoms with van der Waals surface area (Å²) in [6.07, 6.45) is 7.62. The third-order valence-corrected chi connectivity index (χ3v) is 5.54. The van der Waals surface area contributed by atoms with Crippen LogP contribution in [0.15, 0.2) is 61.2 Å². The molecule has 4 aromatic heterocycles. The van der Waals surface area contributed by atoms with Gasteiger partial charge in [-0.2, -0.15) is 5.10 Å². The van der Waals surface area contributed by atoms with Gasteiger partial charge in [0.05, 0.1) is 35.2 Å². The second-order valence-corrected chi connectivity index (χ2v) is 7.57. The number of aromatic nitrogens is 5. The van der Waals surface area contributed by atoms with Crippen LogP contribution in [-0.2, 0) is 13.1 Å². The zero-order valence-electron chi connectivity index (χ0n) is 16.3. The minimum Gasteiger partial charge on any atom is -0.339 e. The van der Waals surface area contributed by atoms with Gasteiger partial charge in [-0.15, -0.1) is 0 Å². The van der Waals surface area contributed by atoms with E-state index >= 15 is 0 Å². The lowest BCUT2D eigenvalue weighted by molar-refractivity contribution is 0.673. The molecule has 0 atom stereocenters. The van der Waals surface area contributed by atoms with E-state index in [1.807, 2.05) is 47.4 Å². The number of pyridine rings is 2. The average molecular weight is 402 g/mol. The molecule has 5 aromatic rings. The van der Waals surface area contributed by atoms with E-state index in [4.69, 9.17) is 11.6 Å². The van der Waals surface area contributed by atoms with Crippen LogP contribution < -0.4 is 0 Å². The number of fused-ring (bicyclic) bond motifs is 3. The summed E-state index contributed by atoms with van der Waals surface area (Å²) < 4.78 is 4.24. The fourth-order valence-corrected chi connectivity index (χ4v) is 4.33. The lowest BCUT2D eigenvalue weighted by atomic mass is 10.0. The Balaban J connectivity index is 1.72. The number of nitrogens with zero attached hydrogens (tertiary/aromatic N) is 5. The van der Waals surface area contributed by atoms with E-state index in [1.165, 1.54) is 10.9 Å². The second kappa shape index (κ2) is 7.01. The number of halogens is 1. The highest BCUT2D eigenvalue weighted by Crippen LogP contribution is 2.38. The van der Waals surface area contributed by atoms with Gasteiger partial charge in [-0.1, -0.05) is 17.7 Å². The van der Waals surface area contributed by atoms with Crippen molar-refractivity contribution in [3.63, 3.8) is 0 Å². The Bertz CT molecular complexity index is 1330. The molecule has 6 heteroatoms. The van der Waals surface area contributed by atoms with Gasteiger partial charge in [0.15, 0.2) is 0 Å². The van der Waals surface area contributed by atoms with Crippen molar-refractivity contribution in [3.8, 4) is 11.1 Å². The van der Waals surface area contributed by atoms with Gasteiger partial charge >= 0.3 is 0 Å². The maximum atomic E-state index is 6.54. The Kier molecular flexibility index (Phi) is 4.32. The number of hydrogen-bond donors (Lipinski definition) is 0. The van der Waals surface area contributed by atoms with Crippen LogP contribution in [0.5, 0.6) is 0 Å². The molecule has 29 heavy (non-hydrogen) atoms. The van der Waals surface area contributed by atoms with Crippen LogP contribution >= 0.6 is 11.6 Å². The quantitative estimate of drug-likeness (QED) is 0.400. The summed E-state index contributed by atoms with van der Waals surface area (Å²) in [6, 6.07) is 12.1. The number of aryl methyl sites for hydroxylation is 2. The zero-order valence-corrected chi connectivity index (χ0v) is 17.1. The van der Waals surface area contributed by atoms with Gasteiger partial charge in [0.1, 0.15) is 0 Å². The molecule has 4 heterocycles. The molecule has 0 amide bonds.